The van der Waals surface area contributed by atoms with Gasteiger partial charge >= 0.3 is 11.9 Å². The van der Waals surface area contributed by atoms with Crippen LogP contribution < -0.4 is 0 Å². The predicted octanol–water partition coefficient (Wildman–Crippen LogP) is 3.03. The third kappa shape index (κ3) is 3.90. The van der Waals surface area contributed by atoms with Gasteiger partial charge in [0.25, 0.3) is 5.91 Å². The number of hydrogen-bond acceptors (Lipinski definition) is 6. The van der Waals surface area contributed by atoms with E-state index in [4.69, 9.17) is 9.47 Å². The Morgan fingerprint density at radius 1 is 1.09 bits per heavy atom. The van der Waals surface area contributed by atoms with Crippen LogP contribution >= 0.6 is 0 Å². The van der Waals surface area contributed by atoms with Crippen LogP contribution in [-0.4, -0.2) is 48.4 Å². The van der Waals surface area contributed by atoms with Gasteiger partial charge in [-0.2, -0.15) is 0 Å². The number of allylic oxidation sites excluding steroid dienone is 2. The van der Waals surface area contributed by atoms with Crippen LogP contribution in [0.1, 0.15) is 46.0 Å². The molecule has 0 aromatic rings. The predicted molar refractivity (Wildman–Crippen MR) is 116 cm³/mol. The number of unbranched alkanes of at least 4 members (excludes halogenated alkanes) is 1. The average Bonchev–Trinajstić information content (AvgIpc) is 2.79. The van der Waals surface area contributed by atoms with E-state index in [-0.39, 0.29) is 29.5 Å². The molecule has 3 atom stereocenters. The summed E-state index contributed by atoms with van der Waals surface area (Å²) in [6.07, 6.45) is 11.5. The minimum absolute atomic E-state index is 0.249. The third-order valence-corrected chi connectivity index (χ3v) is 6.72. The second-order valence-electron chi connectivity index (χ2n) is 8.71. The molecule has 2 heterocycles. The second-order valence-corrected chi connectivity index (χ2v) is 8.71. The molecule has 0 bridgehead atoms. The standard InChI is InChI=1S/C25H29NO6/c1-3-5-7-15(4-2)14-31-13-6-12-26-22(27)16-8-10-18-21-19(25(30)32-24(18)29)11-9-17(20(16)21)23(26)28/h8-11,15-16,20H,3-7,12-14H2,1-2H3. The molecule has 1 saturated heterocycles. The summed E-state index contributed by atoms with van der Waals surface area (Å²) in [5, 5.41) is 0. The Labute approximate surface area is 187 Å². The third-order valence-electron chi connectivity index (χ3n) is 6.72. The van der Waals surface area contributed by atoms with E-state index in [1.807, 2.05) is 0 Å². The van der Waals surface area contributed by atoms with E-state index < -0.39 is 23.8 Å². The summed E-state index contributed by atoms with van der Waals surface area (Å²) in [5.74, 6) is -2.81. The van der Waals surface area contributed by atoms with E-state index in [1.165, 1.54) is 29.9 Å². The maximum Gasteiger partial charge on any atom is 0.346 e. The zero-order chi connectivity index (χ0) is 22.8. The highest BCUT2D eigenvalue weighted by Crippen LogP contribution is 2.47. The minimum Gasteiger partial charge on any atom is -0.386 e. The molecule has 2 aliphatic carbocycles. The van der Waals surface area contributed by atoms with Gasteiger partial charge in [-0.05, 0) is 30.4 Å². The van der Waals surface area contributed by atoms with Gasteiger partial charge in [-0.15, -0.1) is 0 Å². The fourth-order valence-corrected chi connectivity index (χ4v) is 4.88. The lowest BCUT2D eigenvalue weighted by Gasteiger charge is -2.42. The lowest BCUT2D eigenvalue weighted by molar-refractivity contribution is -0.156. The molecule has 2 amide bonds. The van der Waals surface area contributed by atoms with Crippen LogP contribution in [0.2, 0.25) is 0 Å². The Hall–Kier alpha value is -2.80. The number of nitrogens with zero attached hydrogens (tertiary/aromatic N) is 1. The van der Waals surface area contributed by atoms with E-state index >= 15 is 0 Å². The Balaban J connectivity index is 1.43. The quantitative estimate of drug-likeness (QED) is 0.225. The zero-order valence-corrected chi connectivity index (χ0v) is 18.6. The maximum absolute atomic E-state index is 13.2. The number of likely N-dealkylation sites (tertiary alicyclic amines) is 1. The monoisotopic (exact) mass is 439 g/mol. The number of hydrogen-bond donors (Lipinski definition) is 0. The van der Waals surface area contributed by atoms with Gasteiger partial charge in [-0.25, -0.2) is 9.59 Å². The molecule has 32 heavy (non-hydrogen) atoms. The molecule has 0 saturated carbocycles. The fourth-order valence-electron chi connectivity index (χ4n) is 4.88. The average molecular weight is 440 g/mol. The highest BCUT2D eigenvalue weighted by molar-refractivity contribution is 6.16. The van der Waals surface area contributed by atoms with Crippen molar-refractivity contribution in [3.05, 3.63) is 46.6 Å². The summed E-state index contributed by atoms with van der Waals surface area (Å²) in [5.41, 5.74) is 1.38. The van der Waals surface area contributed by atoms with Crippen LogP contribution in [0, 0.1) is 17.8 Å². The Bertz CT molecular complexity index is 969. The zero-order valence-electron chi connectivity index (χ0n) is 18.6. The van der Waals surface area contributed by atoms with Crippen molar-refractivity contribution in [1.29, 1.82) is 0 Å². The molecule has 4 rings (SSSR count). The highest BCUT2D eigenvalue weighted by atomic mass is 16.6. The summed E-state index contributed by atoms with van der Waals surface area (Å²) in [7, 11) is 0. The smallest absolute Gasteiger partial charge is 0.346 e. The Morgan fingerprint density at radius 3 is 2.66 bits per heavy atom. The summed E-state index contributed by atoms with van der Waals surface area (Å²) >= 11 is 0. The first kappa shape index (κ1) is 22.4. The Kier molecular flexibility index (Phi) is 6.55. The number of esters is 2. The first-order chi connectivity index (χ1) is 15.5. The number of amides is 2. The van der Waals surface area contributed by atoms with Crippen LogP contribution in [0.15, 0.2) is 46.6 Å². The van der Waals surface area contributed by atoms with Crippen molar-refractivity contribution in [1.82, 2.24) is 4.90 Å². The number of cyclic esters (lactones) is 2. The molecule has 7 nitrogen and oxygen atoms in total. The van der Waals surface area contributed by atoms with Gasteiger partial charge < -0.3 is 9.47 Å². The molecule has 2 aliphatic heterocycles. The summed E-state index contributed by atoms with van der Waals surface area (Å²) < 4.78 is 10.6. The van der Waals surface area contributed by atoms with Crippen LogP contribution in [0.4, 0.5) is 0 Å². The molecule has 0 radical (unpaired) electrons. The van der Waals surface area contributed by atoms with Gasteiger partial charge in [0.2, 0.25) is 5.91 Å². The SMILES string of the molecule is CCCCC(CC)COCCCN1C(=O)C2=CC=C3C(=O)OC(=O)C4=C3C2C(C=C4)C1=O. The normalized spacial score (nSPS) is 24.9. The number of imide groups is 1. The number of ether oxygens (including phenoxy) is 2. The van der Waals surface area contributed by atoms with E-state index in [9.17, 15) is 19.2 Å². The first-order valence-electron chi connectivity index (χ1n) is 11.5. The van der Waals surface area contributed by atoms with Crippen molar-refractivity contribution in [2.45, 2.75) is 46.0 Å². The summed E-state index contributed by atoms with van der Waals surface area (Å²) in [4.78, 5) is 51.9. The first-order valence-corrected chi connectivity index (χ1v) is 11.5. The molecular formula is C25H29NO6. The lowest BCUT2D eigenvalue weighted by Crippen LogP contribution is -2.53. The van der Waals surface area contributed by atoms with Gasteiger partial charge in [0.1, 0.15) is 0 Å². The summed E-state index contributed by atoms with van der Waals surface area (Å²) in [6.45, 7) is 5.82. The topological polar surface area (TPSA) is 90.0 Å². The number of carbonyl (C=O) groups excluding carboxylic acids is 4. The molecule has 0 aromatic carbocycles. The van der Waals surface area contributed by atoms with E-state index in [1.54, 1.807) is 12.2 Å². The number of piperidine rings is 1. The van der Waals surface area contributed by atoms with Crippen molar-refractivity contribution in [2.75, 3.05) is 19.8 Å². The molecule has 170 valence electrons. The van der Waals surface area contributed by atoms with E-state index in [0.717, 1.165) is 12.8 Å². The molecule has 0 spiro atoms. The van der Waals surface area contributed by atoms with Crippen molar-refractivity contribution in [2.24, 2.45) is 17.8 Å². The van der Waals surface area contributed by atoms with E-state index in [2.05, 4.69) is 13.8 Å². The molecule has 0 aromatic heterocycles. The van der Waals surface area contributed by atoms with Gasteiger partial charge in [0.05, 0.1) is 17.1 Å². The van der Waals surface area contributed by atoms with E-state index in [0.29, 0.717) is 36.7 Å². The van der Waals surface area contributed by atoms with Crippen molar-refractivity contribution in [3.8, 4) is 0 Å². The fraction of sp³-hybridized carbons (Fsp3) is 0.520. The Morgan fingerprint density at radius 2 is 1.91 bits per heavy atom. The number of rotatable bonds is 10. The summed E-state index contributed by atoms with van der Waals surface area (Å²) in [6, 6.07) is 0. The minimum atomic E-state index is -0.734. The van der Waals surface area contributed by atoms with Crippen LogP contribution in [0.5, 0.6) is 0 Å². The molecule has 0 N–H and O–H groups in total. The molecular weight excluding hydrogens is 410 g/mol. The molecule has 7 heteroatoms. The van der Waals surface area contributed by atoms with Crippen molar-refractivity contribution < 1.29 is 28.7 Å². The van der Waals surface area contributed by atoms with Gasteiger partial charge in [-0.1, -0.05) is 51.3 Å². The highest BCUT2D eigenvalue weighted by Gasteiger charge is 2.51. The number of carbonyl (C=O) groups is 4. The largest absolute Gasteiger partial charge is 0.386 e. The lowest BCUT2D eigenvalue weighted by atomic mass is 9.67. The van der Waals surface area contributed by atoms with Gasteiger partial charge in [0.15, 0.2) is 0 Å². The molecule has 4 aliphatic rings. The second kappa shape index (κ2) is 9.36. The van der Waals surface area contributed by atoms with Crippen molar-refractivity contribution in [3.63, 3.8) is 0 Å². The van der Waals surface area contributed by atoms with Crippen LogP contribution in [0.3, 0.4) is 0 Å². The maximum atomic E-state index is 13.2. The van der Waals surface area contributed by atoms with Crippen LogP contribution in [-0.2, 0) is 28.7 Å². The molecule has 3 unspecified atom stereocenters. The van der Waals surface area contributed by atoms with Gasteiger partial charge in [0, 0.05) is 31.2 Å². The van der Waals surface area contributed by atoms with Crippen LogP contribution in [0.25, 0.3) is 0 Å². The molecule has 1 fully saturated rings. The van der Waals surface area contributed by atoms with Crippen molar-refractivity contribution >= 4 is 23.8 Å². The van der Waals surface area contributed by atoms with Gasteiger partial charge in [-0.3, -0.25) is 14.5 Å².